The van der Waals surface area contributed by atoms with E-state index < -0.39 is 0 Å². The Hall–Kier alpha value is -2.48. The monoisotopic (exact) mass is 302 g/mol. The smallest absolute Gasteiger partial charge is 0.321 e. The minimum atomic E-state index is -0.154. The molecule has 0 saturated carbocycles. The van der Waals surface area contributed by atoms with E-state index in [-0.39, 0.29) is 18.1 Å². The van der Waals surface area contributed by atoms with E-state index in [0.29, 0.717) is 13.1 Å². The predicted octanol–water partition coefficient (Wildman–Crippen LogP) is 1.15. The molecule has 2 amide bonds. The summed E-state index contributed by atoms with van der Waals surface area (Å²) in [5, 5.41) is 13.4. The number of hydrogen-bond acceptors (Lipinski definition) is 5. The zero-order chi connectivity index (χ0) is 15.5. The Bertz CT molecular complexity index is 645. The average molecular weight is 302 g/mol. The lowest BCUT2D eigenvalue weighted by molar-refractivity contribution is 0.0987. The van der Waals surface area contributed by atoms with Crippen molar-refractivity contribution in [2.75, 3.05) is 25.5 Å². The van der Waals surface area contributed by atoms with Gasteiger partial charge in [-0.1, -0.05) is 0 Å². The SMILES string of the molecule is CO[C@@H]1CN(C(=O)Nc2ccnc(C)c2)C[C@H]1c1cn[nH]n1. The number of aromatic nitrogens is 4. The van der Waals surface area contributed by atoms with E-state index in [0.717, 1.165) is 17.1 Å². The zero-order valence-corrected chi connectivity index (χ0v) is 12.5. The first-order chi connectivity index (χ1) is 10.7. The van der Waals surface area contributed by atoms with Gasteiger partial charge in [0.15, 0.2) is 0 Å². The number of aryl methyl sites for hydroxylation is 1. The van der Waals surface area contributed by atoms with Gasteiger partial charge >= 0.3 is 6.03 Å². The highest BCUT2D eigenvalue weighted by atomic mass is 16.5. The van der Waals surface area contributed by atoms with Crippen molar-refractivity contribution in [1.82, 2.24) is 25.3 Å². The lowest BCUT2D eigenvalue weighted by Gasteiger charge is -2.17. The van der Waals surface area contributed by atoms with Crippen LogP contribution in [0.4, 0.5) is 10.5 Å². The number of likely N-dealkylation sites (tertiary alicyclic amines) is 1. The Morgan fingerprint density at radius 3 is 3.05 bits per heavy atom. The maximum Gasteiger partial charge on any atom is 0.321 e. The number of ether oxygens (including phenoxy) is 1. The summed E-state index contributed by atoms with van der Waals surface area (Å²) in [6.07, 6.45) is 3.25. The standard InChI is InChI=1S/C14H18N6O2/c1-9-5-10(3-4-15-9)17-14(21)20-7-11(13(8-20)22-2)12-6-16-19-18-12/h3-6,11,13H,7-8H2,1-2H3,(H,15,17,21)(H,16,18,19)/t11-,13+/m0/s1. The van der Waals surface area contributed by atoms with Crippen LogP contribution >= 0.6 is 0 Å². The molecule has 1 saturated heterocycles. The van der Waals surface area contributed by atoms with E-state index in [2.05, 4.69) is 25.7 Å². The molecule has 0 spiro atoms. The van der Waals surface area contributed by atoms with E-state index in [1.807, 2.05) is 13.0 Å². The largest absolute Gasteiger partial charge is 0.379 e. The van der Waals surface area contributed by atoms with Crippen LogP contribution in [0.3, 0.4) is 0 Å². The maximum atomic E-state index is 12.4. The van der Waals surface area contributed by atoms with Gasteiger partial charge in [0.2, 0.25) is 0 Å². The van der Waals surface area contributed by atoms with Crippen LogP contribution in [0.2, 0.25) is 0 Å². The van der Waals surface area contributed by atoms with Crippen molar-refractivity contribution in [3.63, 3.8) is 0 Å². The summed E-state index contributed by atoms with van der Waals surface area (Å²) in [7, 11) is 1.64. The molecule has 116 valence electrons. The fourth-order valence-corrected chi connectivity index (χ4v) is 2.68. The minimum absolute atomic E-state index is 0.0219. The summed E-state index contributed by atoms with van der Waals surface area (Å²) in [5.74, 6) is 0.0219. The maximum absolute atomic E-state index is 12.4. The molecule has 1 fully saturated rings. The minimum Gasteiger partial charge on any atom is -0.379 e. The lowest BCUT2D eigenvalue weighted by Crippen LogP contribution is -2.33. The Labute approximate surface area is 127 Å². The molecule has 3 heterocycles. The molecular weight excluding hydrogens is 284 g/mol. The van der Waals surface area contributed by atoms with Gasteiger partial charge in [-0.2, -0.15) is 15.4 Å². The van der Waals surface area contributed by atoms with Gasteiger partial charge in [0.05, 0.1) is 23.9 Å². The van der Waals surface area contributed by atoms with Crippen LogP contribution in [0.15, 0.2) is 24.5 Å². The summed E-state index contributed by atoms with van der Waals surface area (Å²) in [5.41, 5.74) is 2.40. The number of carbonyl (C=O) groups is 1. The van der Waals surface area contributed by atoms with Gasteiger partial charge in [-0.25, -0.2) is 4.79 Å². The first kappa shape index (κ1) is 14.5. The number of carbonyl (C=O) groups excluding carboxylic acids is 1. The number of H-pyrrole nitrogens is 1. The van der Waals surface area contributed by atoms with Crippen molar-refractivity contribution in [1.29, 1.82) is 0 Å². The van der Waals surface area contributed by atoms with Gasteiger partial charge in [0.25, 0.3) is 0 Å². The molecule has 2 N–H and O–H groups in total. The van der Waals surface area contributed by atoms with Crippen molar-refractivity contribution < 1.29 is 9.53 Å². The fraction of sp³-hybridized carbons (Fsp3) is 0.429. The highest BCUT2D eigenvalue weighted by Crippen LogP contribution is 2.28. The normalized spacial score (nSPS) is 21.1. The van der Waals surface area contributed by atoms with E-state index in [1.165, 1.54) is 0 Å². The predicted molar refractivity (Wildman–Crippen MR) is 79.5 cm³/mol. The van der Waals surface area contributed by atoms with Crippen LogP contribution in [0.1, 0.15) is 17.3 Å². The zero-order valence-electron chi connectivity index (χ0n) is 12.5. The number of nitrogens with zero attached hydrogens (tertiary/aromatic N) is 4. The molecule has 3 rings (SSSR count). The Balaban J connectivity index is 1.69. The summed E-state index contributed by atoms with van der Waals surface area (Å²) in [6.45, 7) is 2.94. The number of aromatic amines is 1. The summed E-state index contributed by atoms with van der Waals surface area (Å²) < 4.78 is 5.48. The molecule has 22 heavy (non-hydrogen) atoms. The van der Waals surface area contributed by atoms with Crippen molar-refractivity contribution in [3.8, 4) is 0 Å². The number of rotatable bonds is 3. The van der Waals surface area contributed by atoms with Crippen molar-refractivity contribution >= 4 is 11.7 Å². The lowest BCUT2D eigenvalue weighted by atomic mass is 10.0. The van der Waals surface area contributed by atoms with Crippen LogP contribution in [-0.4, -0.2) is 57.6 Å². The molecular formula is C14H18N6O2. The Kier molecular flexibility index (Phi) is 4.01. The van der Waals surface area contributed by atoms with Gasteiger partial charge in [0, 0.05) is 37.8 Å². The summed E-state index contributed by atoms with van der Waals surface area (Å²) >= 11 is 0. The van der Waals surface area contributed by atoms with Crippen LogP contribution in [0, 0.1) is 6.92 Å². The Morgan fingerprint density at radius 1 is 1.50 bits per heavy atom. The van der Waals surface area contributed by atoms with Crippen LogP contribution < -0.4 is 5.32 Å². The van der Waals surface area contributed by atoms with Crippen LogP contribution in [0.5, 0.6) is 0 Å². The van der Waals surface area contributed by atoms with Gasteiger partial charge in [0.1, 0.15) is 0 Å². The van der Waals surface area contributed by atoms with E-state index in [4.69, 9.17) is 4.74 Å². The second kappa shape index (κ2) is 6.10. The van der Waals surface area contributed by atoms with Crippen molar-refractivity contribution in [3.05, 3.63) is 35.9 Å². The summed E-state index contributed by atoms with van der Waals surface area (Å²) in [6, 6.07) is 3.44. The molecule has 0 aromatic carbocycles. The first-order valence-electron chi connectivity index (χ1n) is 7.04. The number of methoxy groups -OCH3 is 1. The third kappa shape index (κ3) is 2.91. The molecule has 0 aliphatic carbocycles. The van der Waals surface area contributed by atoms with E-state index >= 15 is 0 Å². The second-order valence-electron chi connectivity index (χ2n) is 5.30. The topological polar surface area (TPSA) is 96.0 Å². The van der Waals surface area contributed by atoms with E-state index in [1.54, 1.807) is 30.5 Å². The average Bonchev–Trinajstić information content (AvgIpc) is 3.16. The molecule has 8 nitrogen and oxygen atoms in total. The number of anilines is 1. The highest BCUT2D eigenvalue weighted by molar-refractivity contribution is 5.89. The fourth-order valence-electron chi connectivity index (χ4n) is 2.68. The van der Waals surface area contributed by atoms with Gasteiger partial charge in [-0.15, -0.1) is 0 Å². The number of pyridine rings is 1. The molecule has 2 aromatic rings. The van der Waals surface area contributed by atoms with Crippen molar-refractivity contribution in [2.24, 2.45) is 0 Å². The van der Waals surface area contributed by atoms with Crippen molar-refractivity contribution in [2.45, 2.75) is 18.9 Å². The number of urea groups is 1. The summed E-state index contributed by atoms with van der Waals surface area (Å²) in [4.78, 5) is 18.2. The third-order valence-corrected chi connectivity index (χ3v) is 3.82. The molecule has 0 radical (unpaired) electrons. The number of nitrogens with one attached hydrogen (secondary N) is 2. The number of amides is 2. The van der Waals surface area contributed by atoms with Crippen LogP contribution in [0.25, 0.3) is 0 Å². The first-order valence-corrected chi connectivity index (χ1v) is 7.04. The molecule has 0 unspecified atom stereocenters. The number of hydrogen-bond donors (Lipinski definition) is 2. The Morgan fingerprint density at radius 2 is 2.36 bits per heavy atom. The molecule has 1 aliphatic rings. The third-order valence-electron chi connectivity index (χ3n) is 3.82. The second-order valence-corrected chi connectivity index (χ2v) is 5.30. The molecule has 1 aliphatic heterocycles. The van der Waals surface area contributed by atoms with Gasteiger partial charge < -0.3 is 15.0 Å². The highest BCUT2D eigenvalue weighted by Gasteiger charge is 2.37. The molecule has 2 aromatic heterocycles. The van der Waals surface area contributed by atoms with Gasteiger partial charge in [-0.05, 0) is 19.1 Å². The quantitative estimate of drug-likeness (QED) is 0.886. The molecule has 8 heteroatoms. The molecule has 0 bridgehead atoms. The molecule has 2 atom stereocenters. The van der Waals surface area contributed by atoms with Gasteiger partial charge in [-0.3, -0.25) is 4.98 Å². The van der Waals surface area contributed by atoms with Crippen LogP contribution in [-0.2, 0) is 4.74 Å². The van der Waals surface area contributed by atoms with E-state index in [9.17, 15) is 4.79 Å².